The molecular weight excluding hydrogens is 311 g/mol. The van der Waals surface area contributed by atoms with E-state index in [0.29, 0.717) is 18.2 Å². The number of non-ortho nitro benzene ring substituents is 2. The molecule has 22 heavy (non-hydrogen) atoms. The average Bonchev–Trinajstić information content (AvgIpc) is 2.42. The maximum Gasteiger partial charge on any atom is 0.408 e. The molecule has 0 bridgehead atoms. The highest BCUT2D eigenvalue weighted by Gasteiger charge is 2.39. The van der Waals surface area contributed by atoms with Crippen LogP contribution in [0.2, 0.25) is 0 Å². The summed E-state index contributed by atoms with van der Waals surface area (Å²) < 4.78 is 37.7. The highest BCUT2D eigenvalue weighted by atomic mass is 19.4. The van der Waals surface area contributed by atoms with Gasteiger partial charge >= 0.3 is 6.18 Å². The third-order valence-electron chi connectivity index (χ3n) is 2.70. The first kappa shape index (κ1) is 17.3. The van der Waals surface area contributed by atoms with Crippen LogP contribution in [-0.4, -0.2) is 28.0 Å². The molecule has 0 heterocycles. The van der Waals surface area contributed by atoms with Crippen LogP contribution in [0.25, 0.3) is 0 Å². The number of nitro benzene ring substituents is 2. The molecule has 0 aromatic heterocycles. The summed E-state index contributed by atoms with van der Waals surface area (Å²) in [5, 5.41) is 23.0. The Morgan fingerprint density at radius 3 is 1.95 bits per heavy atom. The first-order chi connectivity index (χ1) is 10.1. The Balaban J connectivity index is 3.17. The van der Waals surface area contributed by atoms with Crippen molar-refractivity contribution < 1.29 is 27.8 Å². The van der Waals surface area contributed by atoms with Crippen LogP contribution < -0.4 is 5.32 Å². The molecule has 0 fully saturated rings. The molecular formula is C11H10F3N3O5. The third-order valence-corrected chi connectivity index (χ3v) is 2.70. The molecule has 1 rings (SSSR count). The van der Waals surface area contributed by atoms with E-state index in [1.807, 2.05) is 0 Å². The monoisotopic (exact) mass is 321 g/mol. The van der Waals surface area contributed by atoms with Crippen molar-refractivity contribution in [2.24, 2.45) is 0 Å². The minimum absolute atomic E-state index is 0.452. The summed E-state index contributed by atoms with van der Waals surface area (Å²) in [4.78, 5) is 31.1. The number of nitro groups is 2. The second-order valence-electron chi connectivity index (χ2n) is 4.23. The van der Waals surface area contributed by atoms with Crippen LogP contribution in [0, 0.1) is 20.2 Å². The third kappa shape index (κ3) is 4.14. The predicted molar refractivity (Wildman–Crippen MR) is 67.4 cm³/mol. The van der Waals surface area contributed by atoms with Crippen LogP contribution in [0.1, 0.15) is 23.7 Å². The Hall–Kier alpha value is -2.72. The summed E-state index contributed by atoms with van der Waals surface area (Å²) in [5.74, 6) is -1.28. The molecule has 1 aromatic rings. The lowest BCUT2D eigenvalue weighted by Gasteiger charge is -2.19. The Labute approximate surface area is 121 Å². The SMILES string of the molecule is CC[C@@H](NC(=O)c1cc([N+](=O)[O-])cc([N+](=O)[O-])c1)C(F)(F)F. The minimum atomic E-state index is -4.70. The molecule has 1 N–H and O–H groups in total. The maximum absolute atomic E-state index is 12.6. The number of amides is 1. The van der Waals surface area contributed by atoms with Gasteiger partial charge < -0.3 is 5.32 Å². The number of nitrogens with zero attached hydrogens (tertiary/aromatic N) is 2. The van der Waals surface area contributed by atoms with Crippen molar-refractivity contribution >= 4 is 17.3 Å². The normalized spacial score (nSPS) is 12.5. The molecule has 8 nitrogen and oxygen atoms in total. The zero-order chi connectivity index (χ0) is 17.1. The van der Waals surface area contributed by atoms with Gasteiger partial charge in [0.2, 0.25) is 0 Å². The summed E-state index contributed by atoms with van der Waals surface area (Å²) in [6.45, 7) is 1.19. The van der Waals surface area contributed by atoms with Gasteiger partial charge in [0, 0.05) is 12.1 Å². The zero-order valence-electron chi connectivity index (χ0n) is 11.1. The van der Waals surface area contributed by atoms with Gasteiger partial charge in [0.25, 0.3) is 17.3 Å². The Bertz CT molecular complexity index is 585. The summed E-state index contributed by atoms with van der Waals surface area (Å²) in [6, 6.07) is -0.201. The molecule has 1 atom stereocenters. The van der Waals surface area contributed by atoms with E-state index in [2.05, 4.69) is 0 Å². The number of hydrogen-bond acceptors (Lipinski definition) is 5. The van der Waals surface area contributed by atoms with Crippen LogP contribution in [0.15, 0.2) is 18.2 Å². The Morgan fingerprint density at radius 2 is 1.64 bits per heavy atom. The first-order valence-corrected chi connectivity index (χ1v) is 5.87. The van der Waals surface area contributed by atoms with Gasteiger partial charge in [-0.3, -0.25) is 25.0 Å². The number of hydrogen-bond donors (Lipinski definition) is 1. The van der Waals surface area contributed by atoms with E-state index in [0.717, 1.165) is 0 Å². The van der Waals surface area contributed by atoms with Gasteiger partial charge in [0.15, 0.2) is 0 Å². The van der Waals surface area contributed by atoms with Crippen molar-refractivity contribution in [3.05, 3.63) is 44.0 Å². The number of halogens is 3. The second kappa shape index (κ2) is 6.37. The molecule has 120 valence electrons. The van der Waals surface area contributed by atoms with Crippen molar-refractivity contribution in [2.45, 2.75) is 25.6 Å². The number of carbonyl (C=O) groups is 1. The van der Waals surface area contributed by atoms with Gasteiger partial charge in [-0.1, -0.05) is 6.92 Å². The molecule has 11 heteroatoms. The van der Waals surface area contributed by atoms with Gasteiger partial charge in [-0.15, -0.1) is 0 Å². The minimum Gasteiger partial charge on any atom is -0.340 e. The second-order valence-corrected chi connectivity index (χ2v) is 4.23. The zero-order valence-corrected chi connectivity index (χ0v) is 11.1. The van der Waals surface area contributed by atoms with E-state index >= 15 is 0 Å². The Morgan fingerprint density at radius 1 is 1.18 bits per heavy atom. The summed E-state index contributed by atoms with van der Waals surface area (Å²) in [7, 11) is 0. The van der Waals surface area contributed by atoms with Crippen molar-refractivity contribution in [2.75, 3.05) is 0 Å². The lowest BCUT2D eigenvalue weighted by molar-refractivity contribution is -0.394. The standard InChI is InChI=1S/C11H10F3N3O5/c1-2-9(11(12,13)14)15-10(18)6-3-7(16(19)20)5-8(4-6)17(21)22/h3-5,9H,2H2,1H3,(H,15,18)/t9-/m1/s1. The fourth-order valence-electron chi connectivity index (χ4n) is 1.59. The molecule has 0 aliphatic heterocycles. The molecule has 0 spiro atoms. The number of nitrogens with one attached hydrogen (secondary N) is 1. The van der Waals surface area contributed by atoms with E-state index in [9.17, 15) is 38.2 Å². The van der Waals surface area contributed by atoms with Gasteiger partial charge in [0.1, 0.15) is 6.04 Å². The van der Waals surface area contributed by atoms with E-state index in [-0.39, 0.29) is 0 Å². The van der Waals surface area contributed by atoms with Gasteiger partial charge in [-0.2, -0.15) is 13.2 Å². The van der Waals surface area contributed by atoms with Crippen LogP contribution in [0.5, 0.6) is 0 Å². The molecule has 1 amide bonds. The highest BCUT2D eigenvalue weighted by molar-refractivity contribution is 5.95. The van der Waals surface area contributed by atoms with E-state index in [1.165, 1.54) is 6.92 Å². The summed E-state index contributed by atoms with van der Waals surface area (Å²) >= 11 is 0. The molecule has 1 aromatic carbocycles. The lowest BCUT2D eigenvalue weighted by atomic mass is 10.1. The first-order valence-electron chi connectivity index (χ1n) is 5.87. The molecule has 0 radical (unpaired) electrons. The molecule has 0 aliphatic rings. The summed E-state index contributed by atoms with van der Waals surface area (Å²) in [6.07, 6.45) is -5.15. The van der Waals surface area contributed by atoms with Gasteiger partial charge in [-0.05, 0) is 6.42 Å². The van der Waals surface area contributed by atoms with Crippen LogP contribution >= 0.6 is 0 Å². The van der Waals surface area contributed by atoms with Crippen LogP contribution in [0.3, 0.4) is 0 Å². The van der Waals surface area contributed by atoms with Gasteiger partial charge in [0.05, 0.1) is 21.5 Å². The number of rotatable bonds is 5. The van der Waals surface area contributed by atoms with E-state index in [1.54, 1.807) is 5.32 Å². The Kier molecular flexibility index (Phi) is 5.02. The van der Waals surface area contributed by atoms with Gasteiger partial charge in [-0.25, -0.2) is 0 Å². The van der Waals surface area contributed by atoms with Crippen molar-refractivity contribution in [3.8, 4) is 0 Å². The topological polar surface area (TPSA) is 115 Å². The van der Waals surface area contributed by atoms with Crippen molar-refractivity contribution in [1.82, 2.24) is 5.32 Å². The summed E-state index contributed by atoms with van der Waals surface area (Å²) in [5.41, 5.74) is -2.12. The molecule has 0 saturated heterocycles. The largest absolute Gasteiger partial charge is 0.408 e. The lowest BCUT2D eigenvalue weighted by Crippen LogP contribution is -2.44. The van der Waals surface area contributed by atoms with Crippen molar-refractivity contribution in [1.29, 1.82) is 0 Å². The van der Waals surface area contributed by atoms with Crippen LogP contribution in [-0.2, 0) is 0 Å². The quantitative estimate of drug-likeness (QED) is 0.661. The number of benzene rings is 1. The van der Waals surface area contributed by atoms with Crippen molar-refractivity contribution in [3.63, 3.8) is 0 Å². The number of carbonyl (C=O) groups excluding carboxylic acids is 1. The predicted octanol–water partition coefficient (Wildman–Crippen LogP) is 2.57. The highest BCUT2D eigenvalue weighted by Crippen LogP contribution is 2.25. The number of alkyl halides is 3. The maximum atomic E-state index is 12.6. The van der Waals surface area contributed by atoms with E-state index < -0.39 is 51.3 Å². The molecule has 0 unspecified atom stereocenters. The fraction of sp³-hybridized carbons (Fsp3) is 0.364. The molecule has 0 aliphatic carbocycles. The average molecular weight is 321 g/mol. The van der Waals surface area contributed by atoms with E-state index in [4.69, 9.17) is 0 Å². The van der Waals surface area contributed by atoms with Crippen LogP contribution in [0.4, 0.5) is 24.5 Å². The fourth-order valence-corrected chi connectivity index (χ4v) is 1.59. The smallest absolute Gasteiger partial charge is 0.340 e. The molecule has 0 saturated carbocycles.